The molecule has 0 aromatic heterocycles. The first-order chi connectivity index (χ1) is 13.3. The summed E-state index contributed by atoms with van der Waals surface area (Å²) < 4.78 is 40.1. The number of carbonyl (C=O) groups excluding carboxylic acids is 2. The van der Waals surface area contributed by atoms with Crippen molar-refractivity contribution in [3.8, 4) is 0 Å². The topological polar surface area (TPSA) is 87.8 Å². The molecule has 1 heterocycles. The zero-order valence-electron chi connectivity index (χ0n) is 14.8. The molecule has 0 aliphatic carbocycles. The molecule has 28 heavy (non-hydrogen) atoms. The van der Waals surface area contributed by atoms with E-state index in [1.807, 2.05) is 0 Å². The summed E-state index contributed by atoms with van der Waals surface area (Å²) in [4.78, 5) is 24.3. The van der Waals surface area contributed by atoms with Crippen molar-refractivity contribution in [2.45, 2.75) is 25.4 Å². The van der Waals surface area contributed by atoms with E-state index in [4.69, 9.17) is 5.73 Å². The van der Waals surface area contributed by atoms with Crippen molar-refractivity contribution in [2.75, 3.05) is 5.01 Å². The lowest BCUT2D eigenvalue weighted by Gasteiger charge is -2.20. The predicted octanol–water partition coefficient (Wildman–Crippen LogP) is 2.40. The Labute approximate surface area is 158 Å². The molecule has 1 aliphatic heterocycles. The molecule has 0 spiro atoms. The number of halogens is 3. The van der Waals surface area contributed by atoms with Gasteiger partial charge in [0.25, 0.3) is 5.91 Å². The lowest BCUT2D eigenvalue weighted by atomic mass is 10.1. The van der Waals surface area contributed by atoms with Gasteiger partial charge in [0.05, 0.1) is 11.7 Å². The highest BCUT2D eigenvalue weighted by Gasteiger charge is 2.35. The van der Waals surface area contributed by atoms with Crippen LogP contribution in [0.1, 0.15) is 24.9 Å². The Morgan fingerprint density at radius 1 is 1.14 bits per heavy atom. The summed E-state index contributed by atoms with van der Waals surface area (Å²) in [5.74, 6) is -3.29. The highest BCUT2D eigenvalue weighted by Crippen LogP contribution is 2.25. The molecule has 3 rings (SSSR count). The van der Waals surface area contributed by atoms with Crippen LogP contribution in [0.4, 0.5) is 18.9 Å². The fourth-order valence-corrected chi connectivity index (χ4v) is 2.91. The number of hydrazone groups is 1. The molecule has 0 bridgehead atoms. The number of carbonyl (C=O) groups is 2. The van der Waals surface area contributed by atoms with Gasteiger partial charge in [0.1, 0.15) is 29.2 Å². The summed E-state index contributed by atoms with van der Waals surface area (Å²) in [6.45, 7) is 1.53. The number of benzene rings is 2. The van der Waals surface area contributed by atoms with Crippen LogP contribution in [-0.4, -0.2) is 23.6 Å². The van der Waals surface area contributed by atoms with Gasteiger partial charge < -0.3 is 11.1 Å². The minimum absolute atomic E-state index is 0.0162. The van der Waals surface area contributed by atoms with E-state index in [1.54, 1.807) is 0 Å². The van der Waals surface area contributed by atoms with Crippen LogP contribution in [0.5, 0.6) is 0 Å². The van der Waals surface area contributed by atoms with Crippen molar-refractivity contribution in [3.05, 3.63) is 65.5 Å². The largest absolute Gasteiger partial charge is 0.368 e. The third kappa shape index (κ3) is 3.98. The number of nitrogens with one attached hydrogen (secondary N) is 1. The fraction of sp³-hybridized carbons (Fsp3) is 0.211. The van der Waals surface area contributed by atoms with Crippen LogP contribution in [0.25, 0.3) is 0 Å². The van der Waals surface area contributed by atoms with Crippen LogP contribution in [0, 0.1) is 17.5 Å². The van der Waals surface area contributed by atoms with E-state index in [0.717, 1.165) is 12.1 Å². The van der Waals surface area contributed by atoms with Gasteiger partial charge in [-0.25, -0.2) is 13.2 Å². The molecule has 2 amide bonds. The van der Waals surface area contributed by atoms with Gasteiger partial charge >= 0.3 is 0 Å². The second-order valence-electron chi connectivity index (χ2n) is 6.35. The molecule has 1 aliphatic rings. The molecule has 0 radical (unpaired) electrons. The molecule has 2 atom stereocenters. The van der Waals surface area contributed by atoms with Gasteiger partial charge in [-0.15, -0.1) is 0 Å². The van der Waals surface area contributed by atoms with E-state index < -0.39 is 41.3 Å². The van der Waals surface area contributed by atoms with Gasteiger partial charge in [-0.05, 0) is 37.3 Å². The summed E-state index contributed by atoms with van der Waals surface area (Å²) >= 11 is 0. The second kappa shape index (κ2) is 7.71. The fourth-order valence-electron chi connectivity index (χ4n) is 2.91. The Kier molecular flexibility index (Phi) is 5.34. The number of nitrogens with two attached hydrogens (primary N) is 1. The van der Waals surface area contributed by atoms with Gasteiger partial charge in [0.15, 0.2) is 0 Å². The van der Waals surface area contributed by atoms with Crippen molar-refractivity contribution >= 4 is 23.2 Å². The minimum atomic E-state index is -0.913. The number of anilines is 1. The minimum Gasteiger partial charge on any atom is -0.368 e. The Balaban J connectivity index is 1.79. The van der Waals surface area contributed by atoms with Crippen LogP contribution in [0.3, 0.4) is 0 Å². The monoisotopic (exact) mass is 390 g/mol. The number of hydrogen-bond donors (Lipinski definition) is 2. The number of rotatable bonds is 5. The summed E-state index contributed by atoms with van der Waals surface area (Å²) in [5.41, 5.74) is 5.92. The molecule has 3 N–H and O–H groups in total. The number of nitrogens with zero attached hydrogens (tertiary/aromatic N) is 2. The predicted molar refractivity (Wildman–Crippen MR) is 96.8 cm³/mol. The molecule has 2 aromatic rings. The standard InChI is InChI=1S/C19H17F3N4O2/c1-10(14-7-4-12(21)8-15(14)22)24-19(28)16-9-17(18(23)27)26(25-16)13-5-2-11(20)3-6-13/h2-8,10,17H,9H2,1H3,(H2,23,27)(H,24,28)/t10-,17+/m1/s1. The Bertz CT molecular complexity index is 947. The van der Waals surface area contributed by atoms with Crippen molar-refractivity contribution in [1.29, 1.82) is 0 Å². The Hall–Kier alpha value is -3.36. The van der Waals surface area contributed by atoms with Crippen molar-refractivity contribution in [3.63, 3.8) is 0 Å². The molecule has 6 nitrogen and oxygen atoms in total. The number of primary amides is 1. The molecule has 0 saturated heterocycles. The molecule has 146 valence electrons. The van der Waals surface area contributed by atoms with Gasteiger partial charge in [0, 0.05) is 18.1 Å². The van der Waals surface area contributed by atoms with Gasteiger partial charge in [-0.3, -0.25) is 14.6 Å². The summed E-state index contributed by atoms with van der Waals surface area (Å²) in [5, 5.41) is 7.95. The second-order valence-corrected chi connectivity index (χ2v) is 6.35. The van der Waals surface area contributed by atoms with E-state index in [9.17, 15) is 22.8 Å². The third-order valence-corrected chi connectivity index (χ3v) is 4.37. The zero-order chi connectivity index (χ0) is 20.4. The van der Waals surface area contributed by atoms with Gasteiger partial charge in [-0.1, -0.05) is 6.07 Å². The SMILES string of the molecule is C[C@@H](NC(=O)C1=NN(c2ccc(F)cc2)[C@H](C(N)=O)C1)c1ccc(F)cc1F. The third-order valence-electron chi connectivity index (χ3n) is 4.37. The Morgan fingerprint density at radius 2 is 1.79 bits per heavy atom. The van der Waals surface area contributed by atoms with Crippen LogP contribution in [-0.2, 0) is 9.59 Å². The molecule has 0 unspecified atom stereocenters. The average Bonchev–Trinajstić information content (AvgIpc) is 3.08. The smallest absolute Gasteiger partial charge is 0.268 e. The molecule has 0 fully saturated rings. The van der Waals surface area contributed by atoms with Crippen LogP contribution < -0.4 is 16.1 Å². The van der Waals surface area contributed by atoms with E-state index in [0.29, 0.717) is 5.69 Å². The van der Waals surface area contributed by atoms with E-state index in [1.165, 1.54) is 42.3 Å². The van der Waals surface area contributed by atoms with Gasteiger partial charge in [0.2, 0.25) is 5.91 Å². The van der Waals surface area contributed by atoms with E-state index in [2.05, 4.69) is 10.4 Å². The van der Waals surface area contributed by atoms with Crippen molar-refractivity contribution < 1.29 is 22.8 Å². The van der Waals surface area contributed by atoms with E-state index >= 15 is 0 Å². The summed E-state index contributed by atoms with van der Waals surface area (Å²) in [6.07, 6.45) is -0.0584. The lowest BCUT2D eigenvalue weighted by molar-refractivity contribution is -0.119. The zero-order valence-corrected chi connectivity index (χ0v) is 14.8. The lowest BCUT2D eigenvalue weighted by Crippen LogP contribution is -2.40. The maximum atomic E-state index is 13.9. The van der Waals surface area contributed by atoms with Crippen LogP contribution in [0.15, 0.2) is 47.6 Å². The first-order valence-corrected chi connectivity index (χ1v) is 8.43. The van der Waals surface area contributed by atoms with E-state index in [-0.39, 0.29) is 17.7 Å². The first kappa shape index (κ1) is 19.4. The van der Waals surface area contributed by atoms with Crippen molar-refractivity contribution in [2.24, 2.45) is 10.8 Å². The van der Waals surface area contributed by atoms with Crippen LogP contribution in [0.2, 0.25) is 0 Å². The molecular formula is C19H17F3N4O2. The highest BCUT2D eigenvalue weighted by atomic mass is 19.1. The molecule has 9 heteroatoms. The van der Waals surface area contributed by atoms with Gasteiger partial charge in [-0.2, -0.15) is 5.10 Å². The number of amides is 2. The molecule has 2 aromatic carbocycles. The summed E-state index contributed by atoms with van der Waals surface area (Å²) in [6, 6.07) is 6.59. The first-order valence-electron chi connectivity index (χ1n) is 8.43. The molecular weight excluding hydrogens is 373 g/mol. The normalized spacial score (nSPS) is 17.2. The van der Waals surface area contributed by atoms with Crippen LogP contribution >= 0.6 is 0 Å². The molecule has 0 saturated carbocycles. The highest BCUT2D eigenvalue weighted by molar-refractivity contribution is 6.40. The Morgan fingerprint density at radius 3 is 2.39 bits per heavy atom. The van der Waals surface area contributed by atoms with Crippen molar-refractivity contribution in [1.82, 2.24) is 5.32 Å². The average molecular weight is 390 g/mol. The summed E-state index contributed by atoms with van der Waals surface area (Å²) in [7, 11) is 0. The maximum Gasteiger partial charge on any atom is 0.268 e. The maximum absolute atomic E-state index is 13.9. The number of hydrogen-bond acceptors (Lipinski definition) is 4. The quantitative estimate of drug-likeness (QED) is 0.822.